The van der Waals surface area contributed by atoms with E-state index in [1.54, 1.807) is 4.90 Å². The molecule has 7 heteroatoms. The van der Waals surface area contributed by atoms with Crippen molar-refractivity contribution in [1.82, 2.24) is 19.5 Å². The van der Waals surface area contributed by atoms with Crippen molar-refractivity contribution in [3.63, 3.8) is 0 Å². The minimum Gasteiger partial charge on any atom is -0.467 e. The summed E-state index contributed by atoms with van der Waals surface area (Å²) in [5, 5.41) is 5.72. The summed E-state index contributed by atoms with van der Waals surface area (Å²) in [7, 11) is 1.37. The molecule has 1 aliphatic heterocycles. The number of hydrogen-bond acceptors (Lipinski definition) is 5. The Labute approximate surface area is 192 Å². The maximum absolute atomic E-state index is 13.3. The summed E-state index contributed by atoms with van der Waals surface area (Å²) in [5.41, 5.74) is 6.77. The SMILES string of the molecule is COC(=O)C1Cc2ccccc2CN1C(=O)CCc1c(C)nc2c3ccccc3nn2c1C. The summed E-state index contributed by atoms with van der Waals surface area (Å²) in [6.07, 6.45) is 1.28. The molecule has 1 amide bonds. The van der Waals surface area contributed by atoms with Crippen LogP contribution in [0, 0.1) is 13.8 Å². The molecule has 3 heterocycles. The third-order valence-electron chi connectivity index (χ3n) is 6.65. The number of fused-ring (bicyclic) bond motifs is 4. The lowest BCUT2D eigenvalue weighted by Gasteiger charge is -2.35. The number of benzene rings is 2. The second kappa shape index (κ2) is 8.31. The van der Waals surface area contributed by atoms with Gasteiger partial charge in [-0.25, -0.2) is 14.3 Å². The van der Waals surface area contributed by atoms with Crippen LogP contribution >= 0.6 is 0 Å². The fraction of sp³-hybridized carbons (Fsp3) is 0.308. The summed E-state index contributed by atoms with van der Waals surface area (Å²) >= 11 is 0. The van der Waals surface area contributed by atoms with Crippen LogP contribution in [0.25, 0.3) is 16.6 Å². The van der Waals surface area contributed by atoms with Gasteiger partial charge < -0.3 is 9.64 Å². The van der Waals surface area contributed by atoms with E-state index in [4.69, 9.17) is 14.8 Å². The number of carbonyl (C=O) groups excluding carboxylic acids is 2. The van der Waals surface area contributed by atoms with Crippen molar-refractivity contribution < 1.29 is 14.3 Å². The highest BCUT2D eigenvalue weighted by molar-refractivity contribution is 5.92. The van der Waals surface area contributed by atoms with Gasteiger partial charge in [-0.2, -0.15) is 5.10 Å². The van der Waals surface area contributed by atoms with Crippen molar-refractivity contribution in [1.29, 1.82) is 0 Å². The first-order chi connectivity index (χ1) is 16.0. The summed E-state index contributed by atoms with van der Waals surface area (Å²) in [6, 6.07) is 15.3. The van der Waals surface area contributed by atoms with Gasteiger partial charge >= 0.3 is 5.97 Å². The average Bonchev–Trinajstić information content (AvgIpc) is 3.21. The highest BCUT2D eigenvalue weighted by Crippen LogP contribution is 2.26. The first-order valence-corrected chi connectivity index (χ1v) is 11.2. The maximum atomic E-state index is 13.3. The van der Waals surface area contributed by atoms with E-state index in [0.717, 1.165) is 44.6 Å². The molecule has 2 aromatic heterocycles. The third-order valence-corrected chi connectivity index (χ3v) is 6.65. The molecular weight excluding hydrogens is 416 g/mol. The van der Waals surface area contributed by atoms with E-state index in [1.165, 1.54) is 7.11 Å². The highest BCUT2D eigenvalue weighted by atomic mass is 16.5. The van der Waals surface area contributed by atoms with Crippen LogP contribution in [0.4, 0.5) is 0 Å². The van der Waals surface area contributed by atoms with Crippen LogP contribution in [0.1, 0.15) is 34.5 Å². The number of carbonyl (C=O) groups is 2. The molecule has 1 unspecified atom stereocenters. The molecule has 0 radical (unpaired) electrons. The zero-order valence-electron chi connectivity index (χ0n) is 19.0. The van der Waals surface area contributed by atoms with E-state index >= 15 is 0 Å². The van der Waals surface area contributed by atoms with Crippen molar-refractivity contribution in [3.05, 3.63) is 76.6 Å². The summed E-state index contributed by atoms with van der Waals surface area (Å²) in [4.78, 5) is 32.2. The number of aromatic nitrogens is 3. The number of aryl methyl sites for hydroxylation is 2. The Kier molecular flexibility index (Phi) is 5.32. The Bertz CT molecular complexity index is 1390. The van der Waals surface area contributed by atoms with Gasteiger partial charge in [-0.1, -0.05) is 36.4 Å². The first kappa shape index (κ1) is 21.1. The van der Waals surface area contributed by atoms with Crippen molar-refractivity contribution in [3.8, 4) is 0 Å². The van der Waals surface area contributed by atoms with E-state index in [9.17, 15) is 9.59 Å². The molecule has 33 heavy (non-hydrogen) atoms. The molecule has 0 saturated heterocycles. The smallest absolute Gasteiger partial charge is 0.328 e. The van der Waals surface area contributed by atoms with Crippen LogP contribution < -0.4 is 0 Å². The summed E-state index contributed by atoms with van der Waals surface area (Å²) < 4.78 is 6.88. The topological polar surface area (TPSA) is 76.8 Å². The standard InChI is InChI=1S/C26H26N4O3/c1-16-20(17(2)30-25(27-16)21-10-6-7-11-22(21)28-30)12-13-24(31)29-15-19-9-5-4-8-18(19)14-23(29)26(32)33-3/h4-11,23H,12-15H2,1-3H3. The van der Waals surface area contributed by atoms with E-state index in [1.807, 2.05) is 66.9 Å². The quantitative estimate of drug-likeness (QED) is 0.452. The zero-order chi connectivity index (χ0) is 23.1. The van der Waals surface area contributed by atoms with Crippen LogP contribution in [-0.2, 0) is 33.7 Å². The van der Waals surface area contributed by atoms with E-state index in [0.29, 0.717) is 19.4 Å². The molecule has 0 fully saturated rings. The number of methoxy groups -OCH3 is 1. The lowest BCUT2D eigenvalue weighted by Crippen LogP contribution is -2.49. The van der Waals surface area contributed by atoms with Crippen LogP contribution in [-0.4, -0.2) is 44.5 Å². The average molecular weight is 443 g/mol. The fourth-order valence-electron chi connectivity index (χ4n) is 4.85. The van der Waals surface area contributed by atoms with Crippen LogP contribution in [0.15, 0.2) is 48.5 Å². The Balaban J connectivity index is 1.42. The van der Waals surface area contributed by atoms with Gasteiger partial charge in [-0.05, 0) is 49.1 Å². The lowest BCUT2D eigenvalue weighted by atomic mass is 9.93. The summed E-state index contributed by atoms with van der Waals surface area (Å²) in [5.74, 6) is -0.444. The molecular formula is C26H26N4O3. The van der Waals surface area contributed by atoms with Gasteiger partial charge in [0.2, 0.25) is 5.91 Å². The lowest BCUT2D eigenvalue weighted by molar-refractivity contribution is -0.154. The monoisotopic (exact) mass is 442 g/mol. The summed E-state index contributed by atoms with van der Waals surface area (Å²) in [6.45, 7) is 4.40. The van der Waals surface area contributed by atoms with Gasteiger partial charge in [0.05, 0.1) is 12.6 Å². The van der Waals surface area contributed by atoms with Crippen molar-refractivity contribution >= 4 is 28.4 Å². The van der Waals surface area contributed by atoms with Gasteiger partial charge in [0, 0.05) is 36.2 Å². The number of amides is 1. The molecule has 1 atom stereocenters. The van der Waals surface area contributed by atoms with Crippen LogP contribution in [0.5, 0.6) is 0 Å². The Morgan fingerprint density at radius 3 is 2.58 bits per heavy atom. The number of ether oxygens (including phenoxy) is 1. The van der Waals surface area contributed by atoms with Gasteiger partial charge in [-0.15, -0.1) is 0 Å². The zero-order valence-corrected chi connectivity index (χ0v) is 19.0. The number of hydrogen-bond donors (Lipinski definition) is 0. The molecule has 0 aliphatic carbocycles. The maximum Gasteiger partial charge on any atom is 0.328 e. The molecule has 1 aliphatic rings. The van der Waals surface area contributed by atoms with E-state index < -0.39 is 6.04 Å². The Morgan fingerprint density at radius 2 is 1.79 bits per heavy atom. The third kappa shape index (κ3) is 3.63. The molecule has 2 aromatic carbocycles. The van der Waals surface area contributed by atoms with E-state index in [-0.39, 0.29) is 18.3 Å². The van der Waals surface area contributed by atoms with Gasteiger partial charge in [0.15, 0.2) is 5.65 Å². The Hall–Kier alpha value is -3.74. The van der Waals surface area contributed by atoms with Crippen molar-refractivity contribution in [2.24, 2.45) is 0 Å². The fourth-order valence-corrected chi connectivity index (χ4v) is 4.85. The van der Waals surface area contributed by atoms with Crippen LogP contribution in [0.2, 0.25) is 0 Å². The van der Waals surface area contributed by atoms with Crippen LogP contribution in [0.3, 0.4) is 0 Å². The molecule has 0 bridgehead atoms. The molecule has 4 aromatic rings. The molecule has 5 rings (SSSR count). The van der Waals surface area contributed by atoms with Gasteiger partial charge in [0.1, 0.15) is 6.04 Å². The molecule has 0 spiro atoms. The largest absolute Gasteiger partial charge is 0.467 e. The Morgan fingerprint density at radius 1 is 1.06 bits per heavy atom. The van der Waals surface area contributed by atoms with Crippen molar-refractivity contribution in [2.45, 2.75) is 45.7 Å². The van der Waals surface area contributed by atoms with Crippen molar-refractivity contribution in [2.75, 3.05) is 7.11 Å². The number of rotatable bonds is 4. The molecule has 168 valence electrons. The molecule has 0 saturated carbocycles. The highest BCUT2D eigenvalue weighted by Gasteiger charge is 2.35. The van der Waals surface area contributed by atoms with Gasteiger partial charge in [-0.3, -0.25) is 4.79 Å². The number of nitrogens with zero attached hydrogens (tertiary/aromatic N) is 4. The number of esters is 1. The minimum absolute atomic E-state index is 0.0653. The van der Waals surface area contributed by atoms with Gasteiger partial charge in [0.25, 0.3) is 0 Å². The predicted octanol–water partition coefficient (Wildman–Crippen LogP) is 3.56. The normalized spacial score (nSPS) is 15.6. The second-order valence-electron chi connectivity index (χ2n) is 8.55. The first-order valence-electron chi connectivity index (χ1n) is 11.2. The predicted molar refractivity (Wildman–Crippen MR) is 125 cm³/mol. The van der Waals surface area contributed by atoms with E-state index in [2.05, 4.69) is 0 Å². The molecule has 0 N–H and O–H groups in total. The minimum atomic E-state index is -0.600. The molecule has 7 nitrogen and oxygen atoms in total. The second-order valence-corrected chi connectivity index (χ2v) is 8.55.